The van der Waals surface area contributed by atoms with Gasteiger partial charge in [-0.1, -0.05) is 74.5 Å². The highest BCUT2D eigenvalue weighted by atomic mass is 28.3. The number of rotatable bonds is 7. The topological polar surface area (TPSA) is 15.3 Å². The molecule has 24 heavy (non-hydrogen) atoms. The van der Waals surface area contributed by atoms with E-state index in [1.165, 1.54) is 29.8 Å². The molecular formula is C21H29N2Si. The van der Waals surface area contributed by atoms with Gasteiger partial charge in [0.2, 0.25) is 0 Å². The zero-order chi connectivity index (χ0) is 16.8. The number of hydrogen-bond acceptors (Lipinski definition) is 2. The van der Waals surface area contributed by atoms with Crippen LogP contribution in [0.1, 0.15) is 25.0 Å². The van der Waals surface area contributed by atoms with E-state index in [-0.39, 0.29) is 5.16 Å². The van der Waals surface area contributed by atoms with Crippen molar-refractivity contribution >= 4 is 8.80 Å². The van der Waals surface area contributed by atoms with Crippen molar-refractivity contribution in [3.05, 3.63) is 71.8 Å². The van der Waals surface area contributed by atoms with Crippen LogP contribution in [0.2, 0.25) is 12.1 Å². The molecule has 3 heteroatoms. The van der Waals surface area contributed by atoms with Crippen molar-refractivity contribution in [3.63, 3.8) is 0 Å². The molecule has 1 aliphatic rings. The molecule has 1 radical (unpaired) electrons. The zero-order valence-corrected chi connectivity index (χ0v) is 16.0. The van der Waals surface area contributed by atoms with Gasteiger partial charge in [-0.15, -0.1) is 0 Å². The molecule has 127 valence electrons. The van der Waals surface area contributed by atoms with Gasteiger partial charge in [0.15, 0.2) is 0 Å². The molecular weight excluding hydrogens is 308 g/mol. The lowest BCUT2D eigenvalue weighted by molar-refractivity contribution is 0.319. The van der Waals surface area contributed by atoms with Crippen LogP contribution in [0, 0.1) is 0 Å². The predicted octanol–water partition coefficient (Wildman–Crippen LogP) is 3.91. The molecule has 1 N–H and O–H groups in total. The number of benzene rings is 2. The molecule has 0 amide bonds. The maximum absolute atomic E-state index is 3.94. The van der Waals surface area contributed by atoms with Crippen molar-refractivity contribution in [3.8, 4) is 0 Å². The molecule has 0 atom stereocenters. The average molecular weight is 338 g/mol. The SMILES string of the molecule is CCN(CC)CC[Si]1CCNC1(c1ccccc1)c1ccccc1. The third-order valence-corrected chi connectivity index (χ3v) is 8.88. The van der Waals surface area contributed by atoms with Crippen LogP contribution in [-0.2, 0) is 5.16 Å². The Morgan fingerprint density at radius 1 is 0.917 bits per heavy atom. The summed E-state index contributed by atoms with van der Waals surface area (Å²) in [6.45, 7) is 9.22. The van der Waals surface area contributed by atoms with Gasteiger partial charge in [0.25, 0.3) is 0 Å². The second-order valence-electron chi connectivity index (χ2n) is 6.54. The van der Waals surface area contributed by atoms with Crippen molar-refractivity contribution in [2.45, 2.75) is 31.1 Å². The Hall–Kier alpha value is -1.42. The van der Waals surface area contributed by atoms with Crippen LogP contribution in [0.25, 0.3) is 0 Å². The summed E-state index contributed by atoms with van der Waals surface area (Å²) in [6, 6.07) is 24.9. The number of nitrogens with zero attached hydrogens (tertiary/aromatic N) is 1. The second kappa shape index (κ2) is 8.10. The minimum Gasteiger partial charge on any atom is -0.307 e. The maximum Gasteiger partial charge on any atom is 0.0876 e. The highest BCUT2D eigenvalue weighted by Gasteiger charge is 2.46. The van der Waals surface area contributed by atoms with E-state index in [0.717, 1.165) is 19.6 Å². The summed E-state index contributed by atoms with van der Waals surface area (Å²) < 4.78 is 0. The molecule has 1 saturated heterocycles. The molecule has 0 spiro atoms. The van der Waals surface area contributed by atoms with Crippen molar-refractivity contribution in [2.75, 3.05) is 26.2 Å². The standard InChI is InChI=1S/C21H29N2Si/c1-3-23(4-2)16-18-24-17-15-22-21(24,19-11-7-5-8-12-19)20-13-9-6-10-14-20/h5-14,22H,3-4,15-18H2,1-2H3. The van der Waals surface area contributed by atoms with E-state index in [1.807, 2.05) is 0 Å². The molecule has 2 aromatic carbocycles. The van der Waals surface area contributed by atoms with Crippen LogP contribution >= 0.6 is 0 Å². The lowest BCUT2D eigenvalue weighted by atomic mass is 9.97. The maximum atomic E-state index is 3.94. The largest absolute Gasteiger partial charge is 0.307 e. The van der Waals surface area contributed by atoms with Gasteiger partial charge in [0.05, 0.1) is 14.0 Å². The molecule has 2 nitrogen and oxygen atoms in total. The van der Waals surface area contributed by atoms with Crippen LogP contribution in [0.3, 0.4) is 0 Å². The van der Waals surface area contributed by atoms with Gasteiger partial charge < -0.3 is 10.2 Å². The van der Waals surface area contributed by atoms with Crippen molar-refractivity contribution in [2.24, 2.45) is 0 Å². The van der Waals surface area contributed by atoms with Gasteiger partial charge >= 0.3 is 0 Å². The van der Waals surface area contributed by atoms with Crippen LogP contribution in [0.5, 0.6) is 0 Å². The van der Waals surface area contributed by atoms with Gasteiger partial charge in [-0.2, -0.15) is 0 Å². The second-order valence-corrected chi connectivity index (χ2v) is 9.50. The number of nitrogens with one attached hydrogen (secondary N) is 1. The third kappa shape index (κ3) is 3.34. The Bertz CT molecular complexity index is 571. The third-order valence-electron chi connectivity index (χ3n) is 5.39. The highest BCUT2D eigenvalue weighted by Crippen LogP contribution is 2.38. The fourth-order valence-corrected chi connectivity index (χ4v) is 7.55. The molecule has 0 bridgehead atoms. The quantitative estimate of drug-likeness (QED) is 0.771. The van der Waals surface area contributed by atoms with Crippen LogP contribution < -0.4 is 5.32 Å². The lowest BCUT2D eigenvalue weighted by Gasteiger charge is -2.37. The van der Waals surface area contributed by atoms with Crippen LogP contribution in [0.4, 0.5) is 0 Å². The van der Waals surface area contributed by atoms with Gasteiger partial charge in [-0.3, -0.25) is 0 Å². The molecule has 1 heterocycles. The molecule has 0 unspecified atom stereocenters. The Balaban J connectivity index is 1.95. The molecule has 2 aromatic rings. The summed E-state index contributed by atoms with van der Waals surface area (Å²) >= 11 is 0. The molecule has 1 fully saturated rings. The zero-order valence-electron chi connectivity index (χ0n) is 15.0. The minimum atomic E-state index is -0.582. The van der Waals surface area contributed by atoms with E-state index < -0.39 is 8.80 Å². The van der Waals surface area contributed by atoms with E-state index in [0.29, 0.717) is 0 Å². The van der Waals surface area contributed by atoms with Crippen molar-refractivity contribution < 1.29 is 0 Å². The van der Waals surface area contributed by atoms with Crippen LogP contribution in [-0.4, -0.2) is 39.9 Å². The Labute approximate surface area is 148 Å². The first-order chi connectivity index (χ1) is 11.8. The summed E-state index contributed by atoms with van der Waals surface area (Å²) in [5.74, 6) is 0. The van der Waals surface area contributed by atoms with Crippen molar-refractivity contribution in [1.82, 2.24) is 10.2 Å². The number of hydrogen-bond donors (Lipinski definition) is 1. The lowest BCUT2D eigenvalue weighted by Crippen LogP contribution is -2.49. The normalized spacial score (nSPS) is 17.5. The van der Waals surface area contributed by atoms with E-state index >= 15 is 0 Å². The molecule has 0 aliphatic carbocycles. The Morgan fingerprint density at radius 3 is 1.96 bits per heavy atom. The average Bonchev–Trinajstić information content (AvgIpc) is 3.09. The highest BCUT2D eigenvalue weighted by molar-refractivity contribution is 6.64. The van der Waals surface area contributed by atoms with Gasteiger partial charge in [0.1, 0.15) is 0 Å². The monoisotopic (exact) mass is 337 g/mol. The summed E-state index contributed by atoms with van der Waals surface area (Å²) in [5.41, 5.74) is 2.89. The van der Waals surface area contributed by atoms with Gasteiger partial charge in [0, 0.05) is 0 Å². The first kappa shape index (κ1) is 17.4. The summed E-state index contributed by atoms with van der Waals surface area (Å²) in [7, 11) is -0.582. The van der Waals surface area contributed by atoms with E-state index in [1.54, 1.807) is 0 Å². The molecule has 0 saturated carbocycles. The summed E-state index contributed by atoms with van der Waals surface area (Å²) in [4.78, 5) is 2.57. The molecule has 1 aliphatic heterocycles. The van der Waals surface area contributed by atoms with Crippen molar-refractivity contribution in [1.29, 1.82) is 0 Å². The fourth-order valence-electron chi connectivity index (χ4n) is 4.01. The predicted molar refractivity (Wildman–Crippen MR) is 105 cm³/mol. The minimum absolute atomic E-state index is 0.0559. The van der Waals surface area contributed by atoms with E-state index in [9.17, 15) is 0 Å². The summed E-state index contributed by atoms with van der Waals surface area (Å²) in [6.07, 6.45) is 0. The van der Waals surface area contributed by atoms with E-state index in [4.69, 9.17) is 0 Å². The Kier molecular flexibility index (Phi) is 5.88. The summed E-state index contributed by atoms with van der Waals surface area (Å²) in [5, 5.41) is 4.00. The first-order valence-electron chi connectivity index (χ1n) is 9.24. The van der Waals surface area contributed by atoms with Gasteiger partial charge in [-0.25, -0.2) is 0 Å². The van der Waals surface area contributed by atoms with Gasteiger partial charge in [-0.05, 0) is 49.4 Å². The van der Waals surface area contributed by atoms with Crippen LogP contribution in [0.15, 0.2) is 60.7 Å². The molecule has 3 rings (SSSR count). The Morgan fingerprint density at radius 2 is 1.46 bits per heavy atom. The first-order valence-corrected chi connectivity index (χ1v) is 11.2. The fraction of sp³-hybridized carbons (Fsp3) is 0.429. The molecule has 0 aromatic heterocycles. The smallest absolute Gasteiger partial charge is 0.0876 e. The van der Waals surface area contributed by atoms with E-state index in [2.05, 4.69) is 84.7 Å².